The van der Waals surface area contributed by atoms with Crippen LogP contribution in [-0.4, -0.2) is 44.4 Å². The molecule has 184 valence electrons. The summed E-state index contributed by atoms with van der Waals surface area (Å²) in [6.45, 7) is 1.86. The number of methoxy groups -OCH3 is 2. The van der Waals surface area contributed by atoms with Gasteiger partial charge in [-0.1, -0.05) is 54.1 Å². The van der Waals surface area contributed by atoms with E-state index >= 15 is 0 Å². The van der Waals surface area contributed by atoms with Gasteiger partial charge in [0.05, 0.1) is 30.5 Å². The normalized spacial score (nSPS) is 11.1. The number of rotatable bonds is 7. The summed E-state index contributed by atoms with van der Waals surface area (Å²) in [4.78, 5) is 25.8. The van der Waals surface area contributed by atoms with Gasteiger partial charge >= 0.3 is 11.9 Å². The van der Waals surface area contributed by atoms with Crippen molar-refractivity contribution in [2.75, 3.05) is 18.9 Å². The van der Waals surface area contributed by atoms with E-state index in [4.69, 9.17) is 9.47 Å². The number of carbonyl (C=O) groups excluding carboxylic acids is 2. The van der Waals surface area contributed by atoms with Crippen molar-refractivity contribution in [3.05, 3.63) is 95.7 Å². The van der Waals surface area contributed by atoms with Crippen LogP contribution in [0.1, 0.15) is 26.4 Å². The van der Waals surface area contributed by atoms with Gasteiger partial charge in [-0.15, -0.1) is 0 Å². The minimum Gasteiger partial charge on any atom is -0.465 e. The first kappa shape index (κ1) is 24.7. The first-order valence-electron chi connectivity index (χ1n) is 10.8. The molecule has 0 aliphatic carbocycles. The standard InChI is InChI=1S/C26H23N3O6S/c1-17-13-15-19(16-14-17)36(32,33)28-21-12-8-7-11-20(21)23-22(25(30)34-2)24(26(31)35-3)29(27-23)18-9-5-4-6-10-18/h4-16,28H,1-3H3. The molecule has 0 radical (unpaired) electrons. The van der Waals surface area contributed by atoms with Crippen molar-refractivity contribution in [3.8, 4) is 16.9 Å². The lowest BCUT2D eigenvalue weighted by molar-refractivity contribution is 0.0549. The van der Waals surface area contributed by atoms with Gasteiger partial charge in [0.1, 0.15) is 11.3 Å². The second-order valence-electron chi connectivity index (χ2n) is 7.77. The van der Waals surface area contributed by atoms with Crippen molar-refractivity contribution in [2.45, 2.75) is 11.8 Å². The number of sulfonamides is 1. The second kappa shape index (κ2) is 10.0. The molecule has 4 aromatic rings. The van der Waals surface area contributed by atoms with E-state index in [1.54, 1.807) is 66.7 Å². The highest BCUT2D eigenvalue weighted by Crippen LogP contribution is 2.34. The molecule has 0 atom stereocenters. The molecule has 0 amide bonds. The summed E-state index contributed by atoms with van der Waals surface area (Å²) in [6, 6.07) is 21.5. The number of nitrogens with zero attached hydrogens (tertiary/aromatic N) is 2. The number of nitrogens with one attached hydrogen (secondary N) is 1. The van der Waals surface area contributed by atoms with Crippen LogP contribution < -0.4 is 4.72 Å². The Balaban J connectivity index is 1.94. The number of aryl methyl sites for hydroxylation is 1. The Bertz CT molecular complexity index is 1530. The van der Waals surface area contributed by atoms with Crippen LogP contribution in [0.5, 0.6) is 0 Å². The maximum Gasteiger partial charge on any atom is 0.357 e. The second-order valence-corrected chi connectivity index (χ2v) is 9.45. The van der Waals surface area contributed by atoms with E-state index in [1.165, 1.54) is 31.0 Å². The Morgan fingerprint density at radius 2 is 1.44 bits per heavy atom. The number of para-hydroxylation sites is 2. The number of esters is 2. The number of anilines is 1. The van der Waals surface area contributed by atoms with Gasteiger partial charge in [-0.2, -0.15) is 5.10 Å². The van der Waals surface area contributed by atoms with E-state index in [2.05, 4.69) is 9.82 Å². The molecule has 0 aliphatic rings. The van der Waals surface area contributed by atoms with Gasteiger partial charge in [-0.25, -0.2) is 22.7 Å². The van der Waals surface area contributed by atoms with Crippen LogP contribution in [0.2, 0.25) is 0 Å². The molecule has 0 spiro atoms. The molecule has 4 rings (SSSR count). The molecule has 1 heterocycles. The molecule has 0 unspecified atom stereocenters. The molecule has 10 heteroatoms. The number of benzene rings is 3. The van der Waals surface area contributed by atoms with E-state index < -0.39 is 22.0 Å². The Kier molecular flexibility index (Phi) is 6.89. The minimum absolute atomic E-state index is 0.0494. The summed E-state index contributed by atoms with van der Waals surface area (Å²) >= 11 is 0. The highest BCUT2D eigenvalue weighted by atomic mass is 32.2. The quantitative estimate of drug-likeness (QED) is 0.374. The number of carbonyl (C=O) groups is 2. The van der Waals surface area contributed by atoms with E-state index in [9.17, 15) is 18.0 Å². The Morgan fingerprint density at radius 3 is 2.08 bits per heavy atom. The van der Waals surface area contributed by atoms with E-state index in [0.717, 1.165) is 5.56 Å². The number of hydrogen-bond donors (Lipinski definition) is 1. The van der Waals surface area contributed by atoms with E-state index in [-0.39, 0.29) is 33.1 Å². The van der Waals surface area contributed by atoms with Crippen LogP contribution >= 0.6 is 0 Å². The molecule has 9 nitrogen and oxygen atoms in total. The SMILES string of the molecule is COC(=O)c1c(-c2ccccc2NS(=O)(=O)c2ccc(C)cc2)nn(-c2ccccc2)c1C(=O)OC. The van der Waals surface area contributed by atoms with Gasteiger partial charge in [-0.05, 0) is 37.3 Å². The summed E-state index contributed by atoms with van der Waals surface area (Å²) in [7, 11) is -1.60. The van der Waals surface area contributed by atoms with Crippen LogP contribution in [0, 0.1) is 6.92 Å². The third-order valence-electron chi connectivity index (χ3n) is 5.41. The van der Waals surface area contributed by atoms with Crippen molar-refractivity contribution in [1.82, 2.24) is 9.78 Å². The van der Waals surface area contributed by atoms with Gasteiger partial charge in [0.15, 0.2) is 5.69 Å². The molecular formula is C26H23N3O6S. The summed E-state index contributed by atoms with van der Waals surface area (Å²) in [5.74, 6) is -1.64. The monoisotopic (exact) mass is 505 g/mol. The van der Waals surface area contributed by atoms with Crippen molar-refractivity contribution < 1.29 is 27.5 Å². The summed E-state index contributed by atoms with van der Waals surface area (Å²) < 4.78 is 40.0. The van der Waals surface area contributed by atoms with Gasteiger partial charge in [-0.3, -0.25) is 4.72 Å². The zero-order valence-electron chi connectivity index (χ0n) is 19.8. The number of aromatic nitrogens is 2. The van der Waals surface area contributed by atoms with Gasteiger partial charge < -0.3 is 9.47 Å². The van der Waals surface area contributed by atoms with Gasteiger partial charge in [0.2, 0.25) is 0 Å². The Morgan fingerprint density at radius 1 is 0.833 bits per heavy atom. The largest absolute Gasteiger partial charge is 0.465 e. The van der Waals surface area contributed by atoms with Crippen molar-refractivity contribution >= 4 is 27.6 Å². The third kappa shape index (κ3) is 4.71. The molecule has 3 aromatic carbocycles. The van der Waals surface area contributed by atoms with Crippen LogP contribution in [0.4, 0.5) is 5.69 Å². The molecule has 1 N–H and O–H groups in total. The zero-order chi connectivity index (χ0) is 25.9. The average Bonchev–Trinajstić information content (AvgIpc) is 3.29. The topological polar surface area (TPSA) is 117 Å². The molecule has 0 saturated carbocycles. The van der Waals surface area contributed by atoms with Crippen LogP contribution in [0.15, 0.2) is 83.8 Å². The predicted octanol–water partition coefficient (Wildman–Crippen LogP) is 4.22. The lowest BCUT2D eigenvalue weighted by Crippen LogP contribution is -2.15. The first-order valence-corrected chi connectivity index (χ1v) is 12.3. The lowest BCUT2D eigenvalue weighted by Gasteiger charge is -2.12. The summed E-state index contributed by atoms with van der Waals surface area (Å²) in [5.41, 5.74) is 1.59. The molecule has 0 fully saturated rings. The van der Waals surface area contributed by atoms with Gasteiger partial charge in [0, 0.05) is 5.56 Å². The molecular weight excluding hydrogens is 482 g/mol. The molecule has 0 saturated heterocycles. The van der Waals surface area contributed by atoms with Crippen molar-refractivity contribution in [1.29, 1.82) is 0 Å². The Hall–Kier alpha value is -4.44. The fourth-order valence-electron chi connectivity index (χ4n) is 3.64. The highest BCUT2D eigenvalue weighted by Gasteiger charge is 2.32. The maximum absolute atomic E-state index is 13.1. The molecule has 0 bridgehead atoms. The van der Waals surface area contributed by atoms with Crippen LogP contribution in [-0.2, 0) is 19.5 Å². The van der Waals surface area contributed by atoms with Crippen molar-refractivity contribution in [2.24, 2.45) is 0 Å². The zero-order valence-corrected chi connectivity index (χ0v) is 20.6. The molecule has 0 aliphatic heterocycles. The van der Waals surface area contributed by atoms with E-state index in [1.807, 2.05) is 6.92 Å². The van der Waals surface area contributed by atoms with Crippen LogP contribution in [0.25, 0.3) is 16.9 Å². The van der Waals surface area contributed by atoms with Crippen LogP contribution in [0.3, 0.4) is 0 Å². The lowest BCUT2D eigenvalue weighted by atomic mass is 10.0. The summed E-state index contributed by atoms with van der Waals surface area (Å²) in [5, 5.41) is 4.54. The molecule has 36 heavy (non-hydrogen) atoms. The summed E-state index contributed by atoms with van der Waals surface area (Å²) in [6.07, 6.45) is 0. The Labute approximate surface area is 208 Å². The third-order valence-corrected chi connectivity index (χ3v) is 6.79. The number of ether oxygens (including phenoxy) is 2. The molecule has 1 aromatic heterocycles. The average molecular weight is 506 g/mol. The smallest absolute Gasteiger partial charge is 0.357 e. The predicted molar refractivity (Wildman–Crippen MR) is 134 cm³/mol. The fourth-order valence-corrected chi connectivity index (χ4v) is 4.72. The number of hydrogen-bond acceptors (Lipinski definition) is 7. The van der Waals surface area contributed by atoms with Gasteiger partial charge in [0.25, 0.3) is 10.0 Å². The van der Waals surface area contributed by atoms with E-state index in [0.29, 0.717) is 5.69 Å². The minimum atomic E-state index is -3.97. The maximum atomic E-state index is 13.1. The highest BCUT2D eigenvalue weighted by molar-refractivity contribution is 7.92. The first-order chi connectivity index (χ1) is 17.3. The van der Waals surface area contributed by atoms with Crippen molar-refractivity contribution in [3.63, 3.8) is 0 Å². The fraction of sp³-hybridized carbons (Fsp3) is 0.115.